The van der Waals surface area contributed by atoms with Gasteiger partial charge in [-0.1, -0.05) is 36.4 Å². The molecule has 0 saturated heterocycles. The zero-order valence-electron chi connectivity index (χ0n) is 12.9. The zero-order chi connectivity index (χ0) is 15.8. The number of aliphatic imine (C=N–C) groups is 1. The Kier molecular flexibility index (Phi) is 3.27. The van der Waals surface area contributed by atoms with Gasteiger partial charge in [-0.25, -0.2) is 0 Å². The summed E-state index contributed by atoms with van der Waals surface area (Å²) in [5.74, 6) is 1.17. The van der Waals surface area contributed by atoms with Crippen molar-refractivity contribution < 1.29 is 9.84 Å². The second-order valence-electron chi connectivity index (χ2n) is 5.84. The minimum Gasteiger partial charge on any atom is -0.507 e. The molecule has 0 bridgehead atoms. The maximum absolute atomic E-state index is 10.0. The molecule has 1 atom stereocenters. The summed E-state index contributed by atoms with van der Waals surface area (Å²) >= 11 is 0. The minimum absolute atomic E-state index is 0.104. The van der Waals surface area contributed by atoms with E-state index in [2.05, 4.69) is 6.92 Å². The third-order valence-electron chi connectivity index (χ3n) is 4.14. The fourth-order valence-electron chi connectivity index (χ4n) is 3.07. The molecule has 114 valence electrons. The number of ether oxygens (including phenoxy) is 1. The predicted molar refractivity (Wildman–Crippen MR) is 93.0 cm³/mol. The van der Waals surface area contributed by atoms with E-state index in [4.69, 9.17) is 9.73 Å². The lowest BCUT2D eigenvalue weighted by molar-refractivity contribution is 0.222. The molecule has 3 heteroatoms. The predicted octanol–water partition coefficient (Wildman–Crippen LogP) is 4.84. The average Bonchev–Trinajstić information content (AvgIpc) is 2.56. The number of aromatic hydroxyl groups is 1. The molecule has 23 heavy (non-hydrogen) atoms. The highest BCUT2D eigenvalue weighted by Crippen LogP contribution is 2.34. The number of phenolic OH excluding ortho intramolecular Hbond substituents is 1. The van der Waals surface area contributed by atoms with E-state index >= 15 is 0 Å². The highest BCUT2D eigenvalue weighted by atomic mass is 16.5. The molecule has 0 amide bonds. The van der Waals surface area contributed by atoms with Crippen molar-refractivity contribution in [1.82, 2.24) is 0 Å². The molecule has 1 aliphatic rings. The van der Waals surface area contributed by atoms with Crippen molar-refractivity contribution in [2.24, 2.45) is 4.99 Å². The highest BCUT2D eigenvalue weighted by Gasteiger charge is 2.21. The van der Waals surface area contributed by atoms with Crippen LogP contribution in [0.5, 0.6) is 11.5 Å². The topological polar surface area (TPSA) is 41.8 Å². The summed E-state index contributed by atoms with van der Waals surface area (Å²) < 4.78 is 5.89. The molecular formula is C20H17NO2. The third kappa shape index (κ3) is 2.44. The normalized spacial score (nSPS) is 18.7. The molecule has 0 aliphatic carbocycles. The van der Waals surface area contributed by atoms with Crippen LogP contribution >= 0.6 is 0 Å². The first-order valence-electron chi connectivity index (χ1n) is 7.77. The number of rotatable bonds is 1. The lowest BCUT2D eigenvalue weighted by atomic mass is 10.00. The number of hydrogen-bond acceptors (Lipinski definition) is 3. The van der Waals surface area contributed by atoms with Gasteiger partial charge in [-0.05, 0) is 31.2 Å². The molecule has 1 N–H and O–H groups in total. The fourth-order valence-corrected chi connectivity index (χ4v) is 3.07. The maximum Gasteiger partial charge on any atom is 0.128 e. The van der Waals surface area contributed by atoms with Crippen LogP contribution in [-0.4, -0.2) is 16.9 Å². The van der Waals surface area contributed by atoms with Gasteiger partial charge in [0.05, 0.1) is 11.4 Å². The molecule has 4 rings (SSSR count). The summed E-state index contributed by atoms with van der Waals surface area (Å²) in [5, 5.41) is 11.8. The van der Waals surface area contributed by atoms with Gasteiger partial charge in [-0.15, -0.1) is 0 Å². The molecule has 1 unspecified atom stereocenters. The summed E-state index contributed by atoms with van der Waals surface area (Å²) in [7, 11) is 0. The van der Waals surface area contributed by atoms with E-state index in [1.807, 2.05) is 54.6 Å². The van der Waals surface area contributed by atoms with Crippen molar-refractivity contribution in [3.63, 3.8) is 0 Å². The number of phenols is 1. The van der Waals surface area contributed by atoms with Crippen molar-refractivity contribution in [2.45, 2.75) is 19.4 Å². The maximum atomic E-state index is 10.0. The van der Waals surface area contributed by atoms with Gasteiger partial charge in [0, 0.05) is 22.8 Å². The van der Waals surface area contributed by atoms with E-state index in [1.54, 1.807) is 6.07 Å². The van der Waals surface area contributed by atoms with Crippen molar-refractivity contribution in [3.05, 3.63) is 66.2 Å². The van der Waals surface area contributed by atoms with Crippen molar-refractivity contribution in [1.29, 1.82) is 0 Å². The zero-order valence-corrected chi connectivity index (χ0v) is 12.9. The molecule has 1 heterocycles. The molecule has 0 saturated carbocycles. The third-order valence-corrected chi connectivity index (χ3v) is 4.14. The van der Waals surface area contributed by atoms with E-state index < -0.39 is 0 Å². The molecule has 0 radical (unpaired) electrons. The quantitative estimate of drug-likeness (QED) is 0.699. The summed E-state index contributed by atoms with van der Waals surface area (Å²) in [5.41, 5.74) is 2.94. The number of hydrogen-bond donors (Lipinski definition) is 1. The molecule has 3 nitrogen and oxygen atoms in total. The Bertz CT molecular complexity index is 914. The van der Waals surface area contributed by atoms with Crippen molar-refractivity contribution >= 4 is 22.2 Å². The Morgan fingerprint density at radius 3 is 2.65 bits per heavy atom. The second-order valence-corrected chi connectivity index (χ2v) is 5.84. The summed E-state index contributed by atoms with van der Waals surface area (Å²) in [6.45, 7) is 2.06. The van der Waals surface area contributed by atoms with Gasteiger partial charge < -0.3 is 9.84 Å². The van der Waals surface area contributed by atoms with Gasteiger partial charge >= 0.3 is 0 Å². The van der Waals surface area contributed by atoms with Crippen molar-refractivity contribution in [2.75, 3.05) is 0 Å². The molecule has 1 aliphatic heterocycles. The molecule has 0 fully saturated rings. The Balaban J connectivity index is 1.90. The molecule has 0 spiro atoms. The number of benzene rings is 3. The van der Waals surface area contributed by atoms with Crippen LogP contribution in [0.1, 0.15) is 18.9 Å². The van der Waals surface area contributed by atoms with Gasteiger partial charge in [-0.3, -0.25) is 4.99 Å². The Hall–Kier alpha value is -2.81. The lowest BCUT2D eigenvalue weighted by Crippen LogP contribution is -2.24. The monoisotopic (exact) mass is 303 g/mol. The SMILES string of the molecule is CC1CC(=Nc2cccc3c(O)cccc23)c2ccccc2O1. The second kappa shape index (κ2) is 5.43. The molecule has 3 aromatic rings. The first kappa shape index (κ1) is 13.8. The summed E-state index contributed by atoms with van der Waals surface area (Å²) in [6, 6.07) is 19.4. The van der Waals surface area contributed by atoms with Crippen LogP contribution in [0.15, 0.2) is 65.7 Å². The van der Waals surface area contributed by atoms with E-state index in [-0.39, 0.29) is 11.9 Å². The van der Waals surface area contributed by atoms with E-state index in [1.165, 1.54) is 0 Å². The fraction of sp³-hybridized carbons (Fsp3) is 0.150. The Labute approximate surface area is 134 Å². The van der Waals surface area contributed by atoms with Crippen LogP contribution in [0.4, 0.5) is 5.69 Å². The van der Waals surface area contributed by atoms with E-state index in [0.29, 0.717) is 0 Å². The lowest BCUT2D eigenvalue weighted by Gasteiger charge is -2.24. The number of fused-ring (bicyclic) bond motifs is 2. The van der Waals surface area contributed by atoms with Gasteiger partial charge in [0.15, 0.2) is 0 Å². The average molecular weight is 303 g/mol. The van der Waals surface area contributed by atoms with Crippen LogP contribution in [0, 0.1) is 0 Å². The summed E-state index contributed by atoms with van der Waals surface area (Å²) in [6.07, 6.45) is 0.874. The first-order valence-corrected chi connectivity index (χ1v) is 7.77. The number of nitrogens with zero attached hydrogens (tertiary/aromatic N) is 1. The van der Waals surface area contributed by atoms with Crippen LogP contribution < -0.4 is 4.74 Å². The molecule has 0 aromatic heterocycles. The summed E-state index contributed by atoms with van der Waals surface area (Å²) in [4.78, 5) is 4.90. The van der Waals surface area contributed by atoms with Gasteiger partial charge in [0.1, 0.15) is 17.6 Å². The Morgan fingerprint density at radius 1 is 0.957 bits per heavy atom. The standard InChI is InChI=1S/C20H17NO2/c1-13-12-18(16-6-2-3-11-20(16)23-13)21-17-9-4-8-15-14(17)7-5-10-19(15)22/h2-11,13,22H,12H2,1H3. The van der Waals surface area contributed by atoms with Crippen LogP contribution in [0.25, 0.3) is 10.8 Å². The van der Waals surface area contributed by atoms with E-state index in [9.17, 15) is 5.11 Å². The van der Waals surface area contributed by atoms with E-state index in [0.717, 1.165) is 39.9 Å². The smallest absolute Gasteiger partial charge is 0.128 e. The molecule has 3 aromatic carbocycles. The van der Waals surface area contributed by atoms with Gasteiger partial charge in [0.25, 0.3) is 0 Å². The highest BCUT2D eigenvalue weighted by molar-refractivity contribution is 6.07. The van der Waals surface area contributed by atoms with Gasteiger partial charge in [0.2, 0.25) is 0 Å². The van der Waals surface area contributed by atoms with Crippen molar-refractivity contribution in [3.8, 4) is 11.5 Å². The largest absolute Gasteiger partial charge is 0.507 e. The van der Waals surface area contributed by atoms with Crippen LogP contribution in [-0.2, 0) is 0 Å². The van der Waals surface area contributed by atoms with Crippen LogP contribution in [0.2, 0.25) is 0 Å². The Morgan fingerprint density at radius 2 is 1.74 bits per heavy atom. The number of para-hydroxylation sites is 1. The molecular weight excluding hydrogens is 286 g/mol. The van der Waals surface area contributed by atoms with Gasteiger partial charge in [-0.2, -0.15) is 0 Å². The first-order chi connectivity index (χ1) is 11.2. The minimum atomic E-state index is 0.104. The van der Waals surface area contributed by atoms with Crippen LogP contribution in [0.3, 0.4) is 0 Å².